The van der Waals surface area contributed by atoms with Crippen LogP contribution in [0, 0.1) is 5.82 Å². The van der Waals surface area contributed by atoms with Gasteiger partial charge < -0.3 is 5.32 Å². The molecular weight excluding hydrogens is 337 g/mol. The molecule has 2 aromatic rings. The Bertz CT molecular complexity index is 527. The zero-order valence-electron chi connectivity index (χ0n) is 11.5. The number of nitrogens with one attached hydrogen (secondary N) is 1. The predicted octanol–water partition coefficient (Wildman–Crippen LogP) is 5.32. The van der Waals surface area contributed by atoms with E-state index in [-0.39, 0.29) is 11.9 Å². The molecule has 0 aliphatic rings. The van der Waals surface area contributed by atoms with Crippen LogP contribution in [0.1, 0.15) is 36.9 Å². The fraction of sp³-hybridized carbons (Fsp3) is 0.375. The molecule has 0 aliphatic carbocycles. The number of hydrogen-bond donors (Lipinski definition) is 1. The summed E-state index contributed by atoms with van der Waals surface area (Å²) in [5, 5.41) is 7.80. The molecule has 0 saturated carbocycles. The first-order chi connectivity index (χ1) is 9.70. The maximum Gasteiger partial charge on any atom is 0.123 e. The van der Waals surface area contributed by atoms with Crippen LogP contribution in [0.3, 0.4) is 0 Å². The second kappa shape index (κ2) is 7.91. The number of halogens is 2. The van der Waals surface area contributed by atoms with Crippen LogP contribution in [-0.4, -0.2) is 6.54 Å². The zero-order chi connectivity index (χ0) is 14.4. The summed E-state index contributed by atoms with van der Waals surface area (Å²) in [6, 6.07) is 7.24. The Labute approximate surface area is 132 Å². The van der Waals surface area contributed by atoms with Crippen LogP contribution in [0.2, 0.25) is 0 Å². The monoisotopic (exact) mass is 355 g/mol. The van der Waals surface area contributed by atoms with E-state index in [4.69, 9.17) is 0 Å². The lowest BCUT2D eigenvalue weighted by Gasteiger charge is -2.20. The third-order valence-electron chi connectivity index (χ3n) is 3.28. The molecule has 20 heavy (non-hydrogen) atoms. The molecule has 1 unspecified atom stereocenters. The summed E-state index contributed by atoms with van der Waals surface area (Å²) < 4.78 is 14.5. The average molecular weight is 356 g/mol. The topological polar surface area (TPSA) is 12.0 Å². The van der Waals surface area contributed by atoms with Gasteiger partial charge in [-0.25, -0.2) is 4.39 Å². The first-order valence-electron chi connectivity index (χ1n) is 6.90. The summed E-state index contributed by atoms with van der Waals surface area (Å²) in [5.41, 5.74) is 2.36. The van der Waals surface area contributed by atoms with Crippen molar-refractivity contribution < 1.29 is 4.39 Å². The quantitative estimate of drug-likeness (QED) is 0.708. The van der Waals surface area contributed by atoms with Gasteiger partial charge in [0.1, 0.15) is 5.82 Å². The smallest absolute Gasteiger partial charge is 0.123 e. The second-order valence-corrected chi connectivity index (χ2v) is 6.48. The van der Waals surface area contributed by atoms with Crippen LogP contribution in [0.15, 0.2) is 39.5 Å². The van der Waals surface area contributed by atoms with Crippen LogP contribution >= 0.6 is 27.3 Å². The van der Waals surface area contributed by atoms with Gasteiger partial charge in [0.25, 0.3) is 0 Å². The van der Waals surface area contributed by atoms with E-state index in [1.54, 1.807) is 23.5 Å². The molecule has 0 aliphatic heterocycles. The van der Waals surface area contributed by atoms with Gasteiger partial charge in [-0.15, -0.1) is 0 Å². The van der Waals surface area contributed by atoms with Crippen molar-refractivity contribution in [3.05, 3.63) is 56.4 Å². The van der Waals surface area contributed by atoms with Crippen molar-refractivity contribution in [1.29, 1.82) is 0 Å². The van der Waals surface area contributed by atoms with Crippen LogP contribution in [0.4, 0.5) is 4.39 Å². The predicted molar refractivity (Wildman–Crippen MR) is 87.8 cm³/mol. The highest BCUT2D eigenvalue weighted by atomic mass is 79.9. The lowest BCUT2D eigenvalue weighted by Crippen LogP contribution is -2.23. The van der Waals surface area contributed by atoms with Gasteiger partial charge in [-0.3, -0.25) is 0 Å². The van der Waals surface area contributed by atoms with Gasteiger partial charge in [0.05, 0.1) is 0 Å². The Hall–Kier alpha value is -0.710. The fourth-order valence-electron chi connectivity index (χ4n) is 2.21. The number of thiophene rings is 1. The molecule has 0 radical (unpaired) electrons. The molecule has 0 bridgehead atoms. The van der Waals surface area contributed by atoms with Gasteiger partial charge in [0.2, 0.25) is 0 Å². The Morgan fingerprint density at radius 1 is 1.35 bits per heavy atom. The molecule has 0 amide bonds. The van der Waals surface area contributed by atoms with E-state index in [0.29, 0.717) is 0 Å². The highest BCUT2D eigenvalue weighted by molar-refractivity contribution is 9.10. The largest absolute Gasteiger partial charge is 0.310 e. The molecule has 1 nitrogen and oxygen atoms in total. The molecule has 0 saturated heterocycles. The van der Waals surface area contributed by atoms with Crippen molar-refractivity contribution in [1.82, 2.24) is 5.32 Å². The summed E-state index contributed by atoms with van der Waals surface area (Å²) in [5.74, 6) is -0.179. The number of aryl methyl sites for hydroxylation is 1. The maximum atomic E-state index is 13.5. The zero-order valence-corrected chi connectivity index (χ0v) is 13.9. The molecule has 0 fully saturated rings. The molecule has 0 spiro atoms. The maximum absolute atomic E-state index is 13.5. The van der Waals surface area contributed by atoms with Crippen molar-refractivity contribution in [3.63, 3.8) is 0 Å². The molecule has 1 aromatic carbocycles. The standard InChI is InChI=1S/C16H19BrFNS/c1-2-8-19-16(6-3-12-7-9-20-11-12)14-10-13(18)4-5-15(14)17/h4-5,7,9-11,16,19H,2-3,6,8H2,1H3. The first kappa shape index (κ1) is 15.7. The number of rotatable bonds is 7. The second-order valence-electron chi connectivity index (χ2n) is 4.84. The van der Waals surface area contributed by atoms with Crippen molar-refractivity contribution in [2.75, 3.05) is 6.54 Å². The van der Waals surface area contributed by atoms with Gasteiger partial charge in [0.15, 0.2) is 0 Å². The van der Waals surface area contributed by atoms with Crippen LogP contribution < -0.4 is 5.32 Å². The Balaban J connectivity index is 2.11. The molecule has 1 aromatic heterocycles. The van der Waals surface area contributed by atoms with Gasteiger partial charge in [-0.1, -0.05) is 22.9 Å². The van der Waals surface area contributed by atoms with Crippen molar-refractivity contribution >= 4 is 27.3 Å². The third kappa shape index (κ3) is 4.40. The normalized spacial score (nSPS) is 12.6. The van der Waals surface area contributed by atoms with Crippen LogP contribution in [-0.2, 0) is 6.42 Å². The van der Waals surface area contributed by atoms with Crippen molar-refractivity contribution in [2.45, 2.75) is 32.2 Å². The van der Waals surface area contributed by atoms with Gasteiger partial charge >= 0.3 is 0 Å². The van der Waals surface area contributed by atoms with E-state index < -0.39 is 0 Å². The molecule has 1 N–H and O–H groups in total. The fourth-order valence-corrected chi connectivity index (χ4v) is 3.44. The summed E-state index contributed by atoms with van der Waals surface area (Å²) >= 11 is 5.26. The average Bonchev–Trinajstić information content (AvgIpc) is 2.95. The molecule has 2 rings (SSSR count). The molecular formula is C16H19BrFNS. The Morgan fingerprint density at radius 2 is 2.20 bits per heavy atom. The summed E-state index contributed by atoms with van der Waals surface area (Å²) in [4.78, 5) is 0. The highest BCUT2D eigenvalue weighted by Gasteiger charge is 2.15. The minimum absolute atomic E-state index is 0.179. The highest BCUT2D eigenvalue weighted by Crippen LogP contribution is 2.28. The van der Waals surface area contributed by atoms with Crippen LogP contribution in [0.5, 0.6) is 0 Å². The number of hydrogen-bond acceptors (Lipinski definition) is 2. The van der Waals surface area contributed by atoms with Gasteiger partial charge in [-0.2, -0.15) is 11.3 Å². The molecule has 1 heterocycles. The number of benzene rings is 1. The summed E-state index contributed by atoms with van der Waals surface area (Å²) in [6.45, 7) is 3.08. The summed E-state index contributed by atoms with van der Waals surface area (Å²) in [7, 11) is 0. The lowest BCUT2D eigenvalue weighted by atomic mass is 9.99. The Morgan fingerprint density at radius 3 is 2.90 bits per heavy atom. The van der Waals surface area contributed by atoms with Crippen molar-refractivity contribution in [3.8, 4) is 0 Å². The minimum atomic E-state index is -0.179. The van der Waals surface area contributed by atoms with E-state index in [2.05, 4.69) is 45.0 Å². The van der Waals surface area contributed by atoms with Crippen molar-refractivity contribution in [2.24, 2.45) is 0 Å². The molecule has 4 heteroatoms. The van der Waals surface area contributed by atoms with E-state index in [9.17, 15) is 4.39 Å². The summed E-state index contributed by atoms with van der Waals surface area (Å²) in [6.07, 6.45) is 3.05. The Kier molecular flexibility index (Phi) is 6.20. The molecule has 1 atom stereocenters. The first-order valence-corrected chi connectivity index (χ1v) is 8.63. The van der Waals surface area contributed by atoms with Gasteiger partial charge in [0, 0.05) is 10.5 Å². The lowest BCUT2D eigenvalue weighted by molar-refractivity contribution is 0.494. The van der Waals surface area contributed by atoms with E-state index in [1.807, 2.05) is 0 Å². The van der Waals surface area contributed by atoms with E-state index in [0.717, 1.165) is 35.8 Å². The van der Waals surface area contributed by atoms with E-state index >= 15 is 0 Å². The molecule has 108 valence electrons. The van der Waals surface area contributed by atoms with Crippen LogP contribution in [0.25, 0.3) is 0 Å². The third-order valence-corrected chi connectivity index (χ3v) is 4.73. The minimum Gasteiger partial charge on any atom is -0.310 e. The van der Waals surface area contributed by atoms with Gasteiger partial charge in [-0.05, 0) is 72.0 Å². The van der Waals surface area contributed by atoms with E-state index in [1.165, 1.54) is 11.6 Å². The SMILES string of the molecule is CCCNC(CCc1ccsc1)c1cc(F)ccc1Br.